The second-order valence-electron chi connectivity index (χ2n) is 5.86. The van der Waals surface area contributed by atoms with Gasteiger partial charge in [-0.15, -0.1) is 0 Å². The third-order valence-electron chi connectivity index (χ3n) is 4.08. The van der Waals surface area contributed by atoms with Crippen molar-refractivity contribution in [2.75, 3.05) is 4.90 Å². The van der Waals surface area contributed by atoms with Crippen molar-refractivity contribution in [3.63, 3.8) is 0 Å². The Labute approximate surface area is 151 Å². The number of hydrogen-bond donors (Lipinski definition) is 0. The van der Waals surface area contributed by atoms with Crippen LogP contribution >= 0.6 is 0 Å². The van der Waals surface area contributed by atoms with Crippen LogP contribution in [-0.2, 0) is 17.8 Å². The average molecular weight is 346 g/mol. The molecule has 0 fully saturated rings. The summed E-state index contributed by atoms with van der Waals surface area (Å²) in [5, 5.41) is 11.2. The van der Waals surface area contributed by atoms with Crippen molar-refractivity contribution >= 4 is 17.3 Å². The van der Waals surface area contributed by atoms with Gasteiger partial charge in [0.25, 0.3) is 5.69 Å². The van der Waals surface area contributed by atoms with E-state index in [1.165, 1.54) is 6.07 Å². The standard InChI is InChI=1S/C21H18N2O3/c24-21(15-18-11-7-8-14-20(18)23(25)26)22(19-12-5-2-6-13-19)16-17-9-3-1-4-10-17/h1-14H,15-16H2. The van der Waals surface area contributed by atoms with Crippen LogP contribution in [0.25, 0.3) is 0 Å². The van der Waals surface area contributed by atoms with Crippen LogP contribution in [0.1, 0.15) is 11.1 Å². The van der Waals surface area contributed by atoms with Crippen LogP contribution in [0.4, 0.5) is 11.4 Å². The highest BCUT2D eigenvalue weighted by Crippen LogP contribution is 2.22. The van der Waals surface area contributed by atoms with Crippen molar-refractivity contribution in [3.8, 4) is 0 Å². The Morgan fingerprint density at radius 3 is 2.08 bits per heavy atom. The number of nitrogens with zero attached hydrogens (tertiary/aromatic N) is 2. The number of carbonyl (C=O) groups is 1. The van der Waals surface area contributed by atoms with Crippen LogP contribution in [-0.4, -0.2) is 10.8 Å². The van der Waals surface area contributed by atoms with E-state index < -0.39 is 4.92 Å². The van der Waals surface area contributed by atoms with E-state index in [9.17, 15) is 14.9 Å². The molecule has 3 rings (SSSR count). The maximum Gasteiger partial charge on any atom is 0.273 e. The molecule has 0 N–H and O–H groups in total. The van der Waals surface area contributed by atoms with Gasteiger partial charge in [-0.1, -0.05) is 66.7 Å². The van der Waals surface area contributed by atoms with Gasteiger partial charge in [-0.05, 0) is 17.7 Å². The van der Waals surface area contributed by atoms with Crippen molar-refractivity contribution in [1.82, 2.24) is 0 Å². The number of benzene rings is 3. The van der Waals surface area contributed by atoms with Gasteiger partial charge >= 0.3 is 0 Å². The molecule has 0 aliphatic rings. The van der Waals surface area contributed by atoms with E-state index in [4.69, 9.17) is 0 Å². The number of nitro benzene ring substituents is 1. The highest BCUT2D eigenvalue weighted by molar-refractivity contribution is 5.95. The summed E-state index contributed by atoms with van der Waals surface area (Å²) in [5.74, 6) is -0.186. The van der Waals surface area contributed by atoms with Crippen LogP contribution in [0.3, 0.4) is 0 Å². The zero-order valence-corrected chi connectivity index (χ0v) is 14.1. The monoisotopic (exact) mass is 346 g/mol. The van der Waals surface area contributed by atoms with E-state index >= 15 is 0 Å². The molecule has 0 aliphatic carbocycles. The van der Waals surface area contributed by atoms with Gasteiger partial charge in [0.1, 0.15) is 0 Å². The van der Waals surface area contributed by atoms with Gasteiger partial charge in [0.15, 0.2) is 0 Å². The van der Waals surface area contributed by atoms with Gasteiger partial charge in [0, 0.05) is 17.3 Å². The lowest BCUT2D eigenvalue weighted by atomic mass is 10.1. The molecule has 130 valence electrons. The number of anilines is 1. The topological polar surface area (TPSA) is 63.4 Å². The first-order chi connectivity index (χ1) is 12.6. The lowest BCUT2D eigenvalue weighted by Crippen LogP contribution is -2.31. The van der Waals surface area contributed by atoms with Gasteiger partial charge in [-0.3, -0.25) is 14.9 Å². The Bertz CT molecular complexity index is 895. The largest absolute Gasteiger partial charge is 0.308 e. The van der Waals surface area contributed by atoms with E-state index in [1.807, 2.05) is 60.7 Å². The molecule has 5 nitrogen and oxygen atoms in total. The molecule has 5 heteroatoms. The van der Waals surface area contributed by atoms with Crippen molar-refractivity contribution in [2.45, 2.75) is 13.0 Å². The minimum absolute atomic E-state index is 0.0289. The van der Waals surface area contributed by atoms with Crippen LogP contribution in [0.5, 0.6) is 0 Å². The molecule has 26 heavy (non-hydrogen) atoms. The molecular weight excluding hydrogens is 328 g/mol. The number of hydrogen-bond acceptors (Lipinski definition) is 3. The Morgan fingerprint density at radius 2 is 1.42 bits per heavy atom. The Morgan fingerprint density at radius 1 is 0.846 bits per heavy atom. The first-order valence-electron chi connectivity index (χ1n) is 8.27. The number of rotatable bonds is 6. The molecule has 0 bridgehead atoms. The zero-order valence-electron chi connectivity index (χ0n) is 14.1. The number of carbonyl (C=O) groups excluding carboxylic acids is 1. The minimum atomic E-state index is -0.452. The molecule has 0 unspecified atom stereocenters. The zero-order chi connectivity index (χ0) is 18.4. The van der Waals surface area contributed by atoms with E-state index in [-0.39, 0.29) is 18.0 Å². The maximum atomic E-state index is 13.0. The molecule has 3 aromatic carbocycles. The molecule has 0 aliphatic heterocycles. The van der Waals surface area contributed by atoms with Gasteiger partial charge in [-0.2, -0.15) is 0 Å². The van der Waals surface area contributed by atoms with E-state index in [1.54, 1.807) is 23.1 Å². The second-order valence-corrected chi connectivity index (χ2v) is 5.86. The van der Waals surface area contributed by atoms with E-state index in [0.717, 1.165) is 11.3 Å². The maximum absolute atomic E-state index is 13.0. The summed E-state index contributed by atoms with van der Waals surface area (Å²) in [5.41, 5.74) is 2.14. The van der Waals surface area contributed by atoms with Crippen LogP contribution in [0.2, 0.25) is 0 Å². The number of para-hydroxylation sites is 2. The smallest absolute Gasteiger partial charge is 0.273 e. The third-order valence-corrected chi connectivity index (χ3v) is 4.08. The average Bonchev–Trinajstić information content (AvgIpc) is 2.68. The van der Waals surface area contributed by atoms with Gasteiger partial charge in [-0.25, -0.2) is 0 Å². The Kier molecular flexibility index (Phi) is 5.39. The second kappa shape index (κ2) is 8.07. The Hall–Kier alpha value is -3.47. The lowest BCUT2D eigenvalue weighted by Gasteiger charge is -2.23. The fourth-order valence-corrected chi connectivity index (χ4v) is 2.79. The van der Waals surface area contributed by atoms with Crippen LogP contribution in [0, 0.1) is 10.1 Å². The molecule has 0 aromatic heterocycles. The summed E-state index contributed by atoms with van der Waals surface area (Å²) < 4.78 is 0. The highest BCUT2D eigenvalue weighted by Gasteiger charge is 2.21. The molecule has 0 radical (unpaired) electrons. The molecular formula is C21H18N2O3. The normalized spacial score (nSPS) is 10.3. The summed E-state index contributed by atoms with van der Waals surface area (Å²) in [4.78, 5) is 25.4. The van der Waals surface area contributed by atoms with Crippen molar-refractivity contribution in [1.29, 1.82) is 0 Å². The summed E-state index contributed by atoms with van der Waals surface area (Å²) in [7, 11) is 0. The molecule has 0 saturated heterocycles. The summed E-state index contributed by atoms with van der Waals surface area (Å²) in [6.07, 6.45) is -0.0289. The highest BCUT2D eigenvalue weighted by atomic mass is 16.6. The lowest BCUT2D eigenvalue weighted by molar-refractivity contribution is -0.385. The predicted octanol–water partition coefficient (Wildman–Crippen LogP) is 4.37. The van der Waals surface area contributed by atoms with Crippen LogP contribution < -0.4 is 4.90 Å². The van der Waals surface area contributed by atoms with Crippen molar-refractivity contribution < 1.29 is 9.72 Å². The molecule has 3 aromatic rings. The van der Waals surface area contributed by atoms with Gasteiger partial charge in [0.05, 0.1) is 17.9 Å². The van der Waals surface area contributed by atoms with Gasteiger partial charge in [0.2, 0.25) is 5.91 Å². The fraction of sp³-hybridized carbons (Fsp3) is 0.0952. The SMILES string of the molecule is O=C(Cc1ccccc1[N+](=O)[O-])N(Cc1ccccc1)c1ccccc1. The van der Waals surface area contributed by atoms with Crippen LogP contribution in [0.15, 0.2) is 84.9 Å². The summed E-state index contributed by atoms with van der Waals surface area (Å²) >= 11 is 0. The molecule has 0 spiro atoms. The first kappa shape index (κ1) is 17.4. The minimum Gasteiger partial charge on any atom is -0.308 e. The quantitative estimate of drug-likeness (QED) is 0.492. The predicted molar refractivity (Wildman–Crippen MR) is 101 cm³/mol. The molecule has 0 atom stereocenters. The fourth-order valence-electron chi connectivity index (χ4n) is 2.79. The van der Waals surface area contributed by atoms with Gasteiger partial charge < -0.3 is 4.90 Å². The summed E-state index contributed by atoms with van der Waals surface area (Å²) in [6, 6.07) is 25.4. The first-order valence-corrected chi connectivity index (χ1v) is 8.27. The third kappa shape index (κ3) is 4.13. The van der Waals surface area contributed by atoms with E-state index in [2.05, 4.69) is 0 Å². The van der Waals surface area contributed by atoms with Crippen molar-refractivity contribution in [3.05, 3.63) is 106 Å². The van der Waals surface area contributed by atoms with E-state index in [0.29, 0.717) is 12.1 Å². The number of amides is 1. The summed E-state index contributed by atoms with van der Waals surface area (Å²) in [6.45, 7) is 0.407. The molecule has 0 heterocycles. The number of nitro groups is 1. The van der Waals surface area contributed by atoms with Crippen molar-refractivity contribution in [2.24, 2.45) is 0 Å². The molecule has 0 saturated carbocycles. The Balaban J connectivity index is 1.89. The molecule has 1 amide bonds.